The fourth-order valence-electron chi connectivity index (χ4n) is 3.37. The highest BCUT2D eigenvalue weighted by Crippen LogP contribution is 2.35. The Morgan fingerprint density at radius 2 is 2.00 bits per heavy atom. The van der Waals surface area contributed by atoms with Crippen molar-refractivity contribution in [2.45, 2.75) is 52.7 Å². The molecule has 1 saturated carbocycles. The van der Waals surface area contributed by atoms with Crippen LogP contribution in [0.15, 0.2) is 30.3 Å². The van der Waals surface area contributed by atoms with Crippen molar-refractivity contribution in [2.24, 2.45) is 17.8 Å². The molecule has 3 nitrogen and oxygen atoms in total. The minimum atomic E-state index is -0.124. The molecule has 0 aliphatic heterocycles. The van der Waals surface area contributed by atoms with E-state index < -0.39 is 0 Å². The molecule has 0 unspecified atom stereocenters. The van der Waals surface area contributed by atoms with Crippen molar-refractivity contribution in [3.63, 3.8) is 0 Å². The SMILES string of the molecule is CC(C)[C@@H]1CC[C@@H](C)C[C@H]1OC(=O)CNCc1ccccc1. The van der Waals surface area contributed by atoms with Gasteiger partial charge in [0, 0.05) is 6.54 Å². The van der Waals surface area contributed by atoms with Gasteiger partial charge in [-0.25, -0.2) is 0 Å². The first-order valence-electron chi connectivity index (χ1n) is 8.50. The quantitative estimate of drug-likeness (QED) is 0.813. The molecule has 0 radical (unpaired) electrons. The molecule has 2 rings (SSSR count). The summed E-state index contributed by atoms with van der Waals surface area (Å²) in [5, 5.41) is 3.17. The van der Waals surface area contributed by atoms with Crippen molar-refractivity contribution in [1.29, 1.82) is 0 Å². The number of hydrogen-bond donors (Lipinski definition) is 1. The first-order valence-corrected chi connectivity index (χ1v) is 8.50. The van der Waals surface area contributed by atoms with Crippen LogP contribution in [0.2, 0.25) is 0 Å². The number of nitrogens with one attached hydrogen (secondary N) is 1. The van der Waals surface area contributed by atoms with Crippen LogP contribution < -0.4 is 5.32 Å². The Morgan fingerprint density at radius 3 is 2.68 bits per heavy atom. The van der Waals surface area contributed by atoms with Crippen LogP contribution in [-0.4, -0.2) is 18.6 Å². The third-order valence-corrected chi connectivity index (χ3v) is 4.69. The number of benzene rings is 1. The molecular weight excluding hydrogens is 274 g/mol. The van der Waals surface area contributed by atoms with E-state index in [0.717, 1.165) is 6.42 Å². The van der Waals surface area contributed by atoms with Gasteiger partial charge in [-0.15, -0.1) is 0 Å². The lowest BCUT2D eigenvalue weighted by molar-refractivity contribution is -0.154. The van der Waals surface area contributed by atoms with Gasteiger partial charge in [0.15, 0.2) is 0 Å². The van der Waals surface area contributed by atoms with Gasteiger partial charge in [0.05, 0.1) is 6.54 Å². The lowest BCUT2D eigenvalue weighted by atomic mass is 9.75. The molecule has 1 aromatic carbocycles. The van der Waals surface area contributed by atoms with Crippen LogP contribution in [0.25, 0.3) is 0 Å². The Hall–Kier alpha value is -1.35. The Kier molecular flexibility index (Phi) is 6.44. The zero-order valence-corrected chi connectivity index (χ0v) is 14.0. The zero-order valence-electron chi connectivity index (χ0n) is 14.0. The first-order chi connectivity index (χ1) is 10.6. The van der Waals surface area contributed by atoms with Crippen LogP contribution in [0.4, 0.5) is 0 Å². The average molecular weight is 303 g/mol. The monoisotopic (exact) mass is 303 g/mol. The van der Waals surface area contributed by atoms with E-state index >= 15 is 0 Å². The predicted molar refractivity (Wildman–Crippen MR) is 89.4 cm³/mol. The van der Waals surface area contributed by atoms with E-state index in [1.807, 2.05) is 18.2 Å². The molecule has 0 spiro atoms. The fraction of sp³-hybridized carbons (Fsp3) is 0.632. The van der Waals surface area contributed by atoms with E-state index in [9.17, 15) is 4.79 Å². The van der Waals surface area contributed by atoms with E-state index in [-0.39, 0.29) is 18.6 Å². The lowest BCUT2D eigenvalue weighted by Gasteiger charge is -2.36. The minimum Gasteiger partial charge on any atom is -0.461 e. The summed E-state index contributed by atoms with van der Waals surface area (Å²) in [6.45, 7) is 7.70. The molecule has 122 valence electrons. The van der Waals surface area contributed by atoms with Gasteiger partial charge in [0.1, 0.15) is 6.10 Å². The van der Waals surface area contributed by atoms with Gasteiger partial charge in [-0.3, -0.25) is 4.79 Å². The van der Waals surface area contributed by atoms with Gasteiger partial charge < -0.3 is 10.1 Å². The molecule has 22 heavy (non-hydrogen) atoms. The van der Waals surface area contributed by atoms with E-state index in [1.165, 1.54) is 18.4 Å². The van der Waals surface area contributed by atoms with E-state index in [0.29, 0.717) is 24.3 Å². The highest BCUT2D eigenvalue weighted by atomic mass is 16.5. The van der Waals surface area contributed by atoms with Crippen molar-refractivity contribution in [3.8, 4) is 0 Å². The fourth-order valence-corrected chi connectivity index (χ4v) is 3.37. The van der Waals surface area contributed by atoms with E-state index in [2.05, 4.69) is 38.2 Å². The molecule has 1 aliphatic rings. The van der Waals surface area contributed by atoms with Crippen molar-refractivity contribution in [3.05, 3.63) is 35.9 Å². The molecular formula is C19H29NO2. The largest absolute Gasteiger partial charge is 0.461 e. The molecule has 1 fully saturated rings. The minimum absolute atomic E-state index is 0.0924. The Morgan fingerprint density at radius 1 is 1.27 bits per heavy atom. The number of ether oxygens (including phenoxy) is 1. The van der Waals surface area contributed by atoms with Gasteiger partial charge >= 0.3 is 5.97 Å². The maximum absolute atomic E-state index is 12.1. The van der Waals surface area contributed by atoms with Gasteiger partial charge in [-0.1, -0.05) is 57.5 Å². The third kappa shape index (κ3) is 5.13. The lowest BCUT2D eigenvalue weighted by Crippen LogP contribution is -2.38. The van der Waals surface area contributed by atoms with E-state index in [4.69, 9.17) is 4.74 Å². The maximum Gasteiger partial charge on any atom is 0.320 e. The van der Waals surface area contributed by atoms with Gasteiger partial charge in [-0.05, 0) is 36.2 Å². The van der Waals surface area contributed by atoms with Crippen LogP contribution in [0.5, 0.6) is 0 Å². The Labute approximate surface area is 134 Å². The summed E-state index contributed by atoms with van der Waals surface area (Å²) < 4.78 is 5.77. The highest BCUT2D eigenvalue weighted by molar-refractivity contribution is 5.71. The molecule has 0 bridgehead atoms. The molecule has 3 heteroatoms. The van der Waals surface area contributed by atoms with Crippen LogP contribution >= 0.6 is 0 Å². The second kappa shape index (κ2) is 8.33. The number of rotatable bonds is 6. The maximum atomic E-state index is 12.1. The molecule has 0 saturated heterocycles. The van der Waals surface area contributed by atoms with Crippen LogP contribution in [0.1, 0.15) is 45.6 Å². The first kappa shape index (κ1) is 17.0. The third-order valence-electron chi connectivity index (χ3n) is 4.69. The summed E-state index contributed by atoms with van der Waals surface area (Å²) in [5.74, 6) is 1.61. The summed E-state index contributed by atoms with van der Waals surface area (Å²) in [6, 6.07) is 10.1. The molecule has 0 heterocycles. The molecule has 1 aliphatic carbocycles. The number of carbonyl (C=O) groups excluding carboxylic acids is 1. The topological polar surface area (TPSA) is 38.3 Å². The average Bonchev–Trinajstić information content (AvgIpc) is 2.48. The van der Waals surface area contributed by atoms with E-state index in [1.54, 1.807) is 0 Å². The van der Waals surface area contributed by atoms with Gasteiger partial charge in [0.25, 0.3) is 0 Å². The molecule has 1 N–H and O–H groups in total. The number of esters is 1. The summed E-state index contributed by atoms with van der Waals surface area (Å²) in [6.07, 6.45) is 3.53. The van der Waals surface area contributed by atoms with Crippen molar-refractivity contribution in [1.82, 2.24) is 5.32 Å². The van der Waals surface area contributed by atoms with Gasteiger partial charge in [0.2, 0.25) is 0 Å². The van der Waals surface area contributed by atoms with Crippen LogP contribution in [0, 0.1) is 17.8 Å². The second-order valence-electron chi connectivity index (χ2n) is 6.94. The predicted octanol–water partition coefficient (Wildman–Crippen LogP) is 3.78. The number of hydrogen-bond acceptors (Lipinski definition) is 3. The summed E-state index contributed by atoms with van der Waals surface area (Å²) in [4.78, 5) is 12.1. The van der Waals surface area contributed by atoms with Crippen molar-refractivity contribution >= 4 is 5.97 Å². The molecule has 3 atom stereocenters. The Bertz CT molecular complexity index is 458. The summed E-state index contributed by atoms with van der Waals surface area (Å²) >= 11 is 0. The van der Waals surface area contributed by atoms with Crippen LogP contribution in [0.3, 0.4) is 0 Å². The Balaban J connectivity index is 1.77. The summed E-state index contributed by atoms with van der Waals surface area (Å²) in [5.41, 5.74) is 1.18. The molecule has 0 aromatic heterocycles. The smallest absolute Gasteiger partial charge is 0.320 e. The molecule has 1 aromatic rings. The zero-order chi connectivity index (χ0) is 15.9. The highest BCUT2D eigenvalue weighted by Gasteiger charge is 2.33. The van der Waals surface area contributed by atoms with Crippen molar-refractivity contribution in [2.75, 3.05) is 6.54 Å². The van der Waals surface area contributed by atoms with Crippen molar-refractivity contribution < 1.29 is 9.53 Å². The molecule has 0 amide bonds. The second-order valence-corrected chi connectivity index (χ2v) is 6.94. The standard InChI is InChI=1S/C19H29NO2/c1-14(2)17-10-9-15(3)11-18(17)22-19(21)13-20-12-16-7-5-4-6-8-16/h4-8,14-15,17-18,20H,9-13H2,1-3H3/t15-,17+,18-/m1/s1. The van der Waals surface area contributed by atoms with Crippen LogP contribution in [-0.2, 0) is 16.1 Å². The number of carbonyl (C=O) groups is 1. The van der Waals surface area contributed by atoms with Gasteiger partial charge in [-0.2, -0.15) is 0 Å². The normalized spacial score (nSPS) is 25.2. The summed E-state index contributed by atoms with van der Waals surface area (Å²) in [7, 11) is 0.